The number of hydrogen-bond donors (Lipinski definition) is 2. The molecule has 1 heterocycles. The number of methoxy groups -OCH3 is 1. The molecular weight excluding hydrogens is 246 g/mol. The van der Waals surface area contributed by atoms with Crippen molar-refractivity contribution in [3.8, 4) is 0 Å². The van der Waals surface area contributed by atoms with Gasteiger partial charge < -0.3 is 15.0 Å². The molecule has 0 saturated carbocycles. The quantitative estimate of drug-likeness (QED) is 0.595. The van der Waals surface area contributed by atoms with E-state index in [2.05, 4.69) is 22.2 Å². The lowest BCUT2D eigenvalue weighted by molar-refractivity contribution is 0.173. The summed E-state index contributed by atoms with van der Waals surface area (Å²) in [5.41, 5.74) is 2.13. The van der Waals surface area contributed by atoms with Gasteiger partial charge in [-0.05, 0) is 19.1 Å². The number of H-pyrrole nitrogens is 1. The Morgan fingerprint density at radius 2 is 2.28 bits per heavy atom. The molecule has 0 radical (unpaired) electrons. The second-order valence-electron chi connectivity index (χ2n) is 4.22. The molecule has 98 valence electrons. The Balaban J connectivity index is 1.76. The Labute approximate surface area is 112 Å². The number of aromatic amines is 1. The van der Waals surface area contributed by atoms with Crippen LogP contribution in [0.25, 0.3) is 11.0 Å². The summed E-state index contributed by atoms with van der Waals surface area (Å²) in [6, 6.07) is 8.49. The minimum atomic E-state index is 0.395. The molecule has 4 nitrogen and oxygen atoms in total. The highest BCUT2D eigenvalue weighted by molar-refractivity contribution is 7.99. The molecule has 0 fully saturated rings. The third-order valence-electron chi connectivity index (χ3n) is 2.62. The number of nitrogens with one attached hydrogen (secondary N) is 2. The van der Waals surface area contributed by atoms with Gasteiger partial charge in [-0.2, -0.15) is 0 Å². The second kappa shape index (κ2) is 6.78. The molecule has 0 bridgehead atoms. The molecule has 1 aromatic carbocycles. The fourth-order valence-electron chi connectivity index (χ4n) is 1.76. The van der Waals surface area contributed by atoms with E-state index in [1.807, 2.05) is 24.3 Å². The van der Waals surface area contributed by atoms with Gasteiger partial charge in [0.25, 0.3) is 0 Å². The number of ether oxygens (including phenoxy) is 1. The minimum Gasteiger partial charge on any atom is -0.383 e. The summed E-state index contributed by atoms with van der Waals surface area (Å²) >= 11 is 1.74. The molecule has 2 rings (SSSR count). The summed E-state index contributed by atoms with van der Waals surface area (Å²) in [7, 11) is 1.72. The molecule has 0 spiro atoms. The van der Waals surface area contributed by atoms with E-state index in [1.54, 1.807) is 18.9 Å². The number of benzene rings is 1. The Hall–Kier alpha value is -1.04. The van der Waals surface area contributed by atoms with Crippen LogP contribution in [-0.4, -0.2) is 42.0 Å². The first kappa shape index (κ1) is 13.4. The maximum Gasteiger partial charge on any atom is 0.166 e. The van der Waals surface area contributed by atoms with Crippen molar-refractivity contribution in [1.29, 1.82) is 0 Å². The maximum atomic E-state index is 5.07. The summed E-state index contributed by atoms with van der Waals surface area (Å²) in [6.45, 7) is 3.82. The van der Waals surface area contributed by atoms with Crippen LogP contribution in [0.4, 0.5) is 0 Å². The zero-order valence-corrected chi connectivity index (χ0v) is 11.6. The van der Waals surface area contributed by atoms with Crippen LogP contribution in [0.5, 0.6) is 0 Å². The summed E-state index contributed by atoms with van der Waals surface area (Å²) < 4.78 is 5.07. The van der Waals surface area contributed by atoms with Gasteiger partial charge in [0.1, 0.15) is 0 Å². The fourth-order valence-corrected chi connectivity index (χ4v) is 2.52. The monoisotopic (exact) mass is 265 g/mol. The molecule has 18 heavy (non-hydrogen) atoms. The van der Waals surface area contributed by atoms with Crippen molar-refractivity contribution in [3.63, 3.8) is 0 Å². The first-order valence-corrected chi connectivity index (χ1v) is 7.08. The number of imidazole rings is 1. The predicted octanol–water partition coefficient (Wildman–Crippen LogP) is 2.28. The SMILES string of the molecule is COCC(C)NCCSc1nc2ccccc2[nH]1. The van der Waals surface area contributed by atoms with Gasteiger partial charge >= 0.3 is 0 Å². The third-order valence-corrected chi connectivity index (χ3v) is 3.49. The molecule has 0 aliphatic heterocycles. The fraction of sp³-hybridized carbons (Fsp3) is 0.462. The van der Waals surface area contributed by atoms with E-state index in [4.69, 9.17) is 4.74 Å². The van der Waals surface area contributed by atoms with Gasteiger partial charge in [0.2, 0.25) is 0 Å². The van der Waals surface area contributed by atoms with Gasteiger partial charge in [-0.3, -0.25) is 0 Å². The number of rotatable bonds is 7. The van der Waals surface area contributed by atoms with Gasteiger partial charge in [-0.25, -0.2) is 4.98 Å². The smallest absolute Gasteiger partial charge is 0.166 e. The van der Waals surface area contributed by atoms with Crippen LogP contribution < -0.4 is 5.32 Å². The topological polar surface area (TPSA) is 49.9 Å². The van der Waals surface area contributed by atoms with Crippen molar-refractivity contribution in [1.82, 2.24) is 15.3 Å². The van der Waals surface area contributed by atoms with E-state index in [9.17, 15) is 0 Å². The van der Waals surface area contributed by atoms with Crippen molar-refractivity contribution in [2.75, 3.05) is 26.0 Å². The average molecular weight is 265 g/mol. The maximum absolute atomic E-state index is 5.07. The average Bonchev–Trinajstić information content (AvgIpc) is 2.77. The summed E-state index contributed by atoms with van der Waals surface area (Å²) in [6.07, 6.45) is 0. The predicted molar refractivity (Wildman–Crippen MR) is 76.2 cm³/mol. The zero-order chi connectivity index (χ0) is 12.8. The molecular formula is C13H19N3OS. The van der Waals surface area contributed by atoms with E-state index in [-0.39, 0.29) is 0 Å². The number of nitrogens with zero attached hydrogens (tertiary/aromatic N) is 1. The largest absolute Gasteiger partial charge is 0.383 e. The van der Waals surface area contributed by atoms with E-state index in [0.29, 0.717) is 6.04 Å². The van der Waals surface area contributed by atoms with Crippen molar-refractivity contribution >= 4 is 22.8 Å². The lowest BCUT2D eigenvalue weighted by Crippen LogP contribution is -2.31. The molecule has 0 aliphatic carbocycles. The van der Waals surface area contributed by atoms with Crippen molar-refractivity contribution in [2.45, 2.75) is 18.1 Å². The van der Waals surface area contributed by atoms with Crippen LogP contribution in [-0.2, 0) is 4.74 Å². The first-order chi connectivity index (χ1) is 8.79. The lowest BCUT2D eigenvalue weighted by Gasteiger charge is -2.11. The van der Waals surface area contributed by atoms with Gasteiger partial charge in [-0.1, -0.05) is 23.9 Å². The van der Waals surface area contributed by atoms with Crippen molar-refractivity contribution in [3.05, 3.63) is 24.3 Å². The summed E-state index contributed by atoms with van der Waals surface area (Å²) in [5.74, 6) is 0.994. The Morgan fingerprint density at radius 3 is 3.06 bits per heavy atom. The minimum absolute atomic E-state index is 0.395. The summed E-state index contributed by atoms with van der Waals surface area (Å²) in [4.78, 5) is 7.83. The Bertz CT molecular complexity index is 453. The molecule has 2 N–H and O–H groups in total. The number of para-hydroxylation sites is 2. The number of aromatic nitrogens is 2. The number of fused-ring (bicyclic) bond motifs is 1. The van der Waals surface area contributed by atoms with Gasteiger partial charge in [0.15, 0.2) is 5.16 Å². The standard InChI is InChI=1S/C13H19N3OS/c1-10(9-17-2)14-7-8-18-13-15-11-5-3-4-6-12(11)16-13/h3-6,10,14H,7-9H2,1-2H3,(H,15,16). The first-order valence-electron chi connectivity index (χ1n) is 6.09. The van der Waals surface area contributed by atoms with E-state index >= 15 is 0 Å². The Morgan fingerprint density at radius 1 is 1.44 bits per heavy atom. The number of hydrogen-bond acceptors (Lipinski definition) is 4. The highest BCUT2D eigenvalue weighted by atomic mass is 32.2. The normalized spacial score (nSPS) is 13.0. The van der Waals surface area contributed by atoms with Gasteiger partial charge in [-0.15, -0.1) is 0 Å². The molecule has 1 unspecified atom stereocenters. The van der Waals surface area contributed by atoms with Crippen molar-refractivity contribution < 1.29 is 4.74 Å². The van der Waals surface area contributed by atoms with Crippen molar-refractivity contribution in [2.24, 2.45) is 0 Å². The van der Waals surface area contributed by atoms with E-state index in [1.165, 1.54) is 0 Å². The molecule has 0 saturated heterocycles. The van der Waals surface area contributed by atoms with Gasteiger partial charge in [0.05, 0.1) is 17.6 Å². The highest BCUT2D eigenvalue weighted by Gasteiger charge is 2.03. The molecule has 2 aromatic rings. The molecule has 1 aromatic heterocycles. The second-order valence-corrected chi connectivity index (χ2v) is 5.30. The van der Waals surface area contributed by atoms with Crippen LogP contribution in [0.15, 0.2) is 29.4 Å². The van der Waals surface area contributed by atoms with Crippen LogP contribution in [0.2, 0.25) is 0 Å². The molecule has 0 amide bonds. The third kappa shape index (κ3) is 3.73. The molecule has 5 heteroatoms. The molecule has 0 aliphatic rings. The lowest BCUT2D eigenvalue weighted by atomic mass is 10.3. The summed E-state index contributed by atoms with van der Waals surface area (Å²) in [5, 5.41) is 4.38. The zero-order valence-electron chi connectivity index (χ0n) is 10.8. The van der Waals surface area contributed by atoms with Crippen LogP contribution in [0.1, 0.15) is 6.92 Å². The van der Waals surface area contributed by atoms with E-state index in [0.717, 1.165) is 35.1 Å². The van der Waals surface area contributed by atoms with Crippen LogP contribution in [0, 0.1) is 0 Å². The Kier molecular flexibility index (Phi) is 5.04. The highest BCUT2D eigenvalue weighted by Crippen LogP contribution is 2.18. The van der Waals surface area contributed by atoms with Crippen LogP contribution >= 0.6 is 11.8 Å². The molecule has 1 atom stereocenters. The van der Waals surface area contributed by atoms with E-state index < -0.39 is 0 Å². The van der Waals surface area contributed by atoms with Gasteiger partial charge in [0, 0.05) is 25.4 Å². The number of thioether (sulfide) groups is 1. The van der Waals surface area contributed by atoms with Crippen LogP contribution in [0.3, 0.4) is 0 Å².